The number of nitrogens with zero attached hydrogens (tertiary/aromatic N) is 1. The molecule has 0 aliphatic heterocycles. The second-order valence-electron chi connectivity index (χ2n) is 3.94. The van der Waals surface area contributed by atoms with Crippen LogP contribution in [-0.2, 0) is 0 Å². The molecule has 0 fully saturated rings. The first-order chi connectivity index (χ1) is 7.76. The third-order valence-corrected chi connectivity index (χ3v) is 2.36. The Kier molecular flexibility index (Phi) is 5.64. The van der Waals surface area contributed by atoms with Crippen LogP contribution in [0, 0.1) is 5.92 Å². The van der Waals surface area contributed by atoms with E-state index >= 15 is 0 Å². The van der Waals surface area contributed by atoms with Gasteiger partial charge in [-0.05, 0) is 31.4 Å². The average molecular weight is 223 g/mol. The molecule has 0 aliphatic carbocycles. The Morgan fingerprint density at radius 1 is 1.31 bits per heavy atom. The molecule has 0 saturated carbocycles. The number of rotatable bonds is 7. The second kappa shape index (κ2) is 7.06. The van der Waals surface area contributed by atoms with E-state index in [2.05, 4.69) is 22.5 Å². The van der Waals surface area contributed by atoms with E-state index in [0.717, 1.165) is 31.1 Å². The van der Waals surface area contributed by atoms with Gasteiger partial charge in [0.15, 0.2) is 0 Å². The van der Waals surface area contributed by atoms with Crippen molar-refractivity contribution in [2.24, 2.45) is 5.92 Å². The highest BCUT2D eigenvalue weighted by Gasteiger charge is 2.01. The summed E-state index contributed by atoms with van der Waals surface area (Å²) in [6.45, 7) is 6.11. The van der Waals surface area contributed by atoms with E-state index in [9.17, 15) is 0 Å². The number of nitrogens with one attached hydrogen (secondary N) is 2. The van der Waals surface area contributed by atoms with Gasteiger partial charge in [-0.15, -0.1) is 0 Å². The fourth-order valence-corrected chi connectivity index (χ4v) is 1.41. The Morgan fingerprint density at radius 2 is 2.00 bits per heavy atom. The van der Waals surface area contributed by atoms with Crippen LogP contribution in [0.4, 0.5) is 11.6 Å². The van der Waals surface area contributed by atoms with Gasteiger partial charge in [0.1, 0.15) is 11.6 Å². The zero-order chi connectivity index (χ0) is 11.8. The standard InChI is InChI=1S/C12H21N3O/c1-3-13-11-5-4-6-12(15-11)14-9-10(2)7-8-16/h4-6,10,16H,3,7-9H2,1-2H3,(H2,13,14,15). The summed E-state index contributed by atoms with van der Waals surface area (Å²) in [5, 5.41) is 15.2. The molecule has 16 heavy (non-hydrogen) atoms. The normalized spacial score (nSPS) is 12.2. The van der Waals surface area contributed by atoms with Gasteiger partial charge >= 0.3 is 0 Å². The lowest BCUT2D eigenvalue weighted by molar-refractivity contribution is 0.266. The molecule has 3 N–H and O–H groups in total. The Bertz CT molecular complexity index is 304. The summed E-state index contributed by atoms with van der Waals surface area (Å²) < 4.78 is 0. The molecule has 90 valence electrons. The summed E-state index contributed by atoms with van der Waals surface area (Å²) in [5.74, 6) is 2.22. The molecule has 1 rings (SSSR count). The van der Waals surface area contributed by atoms with Crippen LogP contribution in [0.1, 0.15) is 20.3 Å². The summed E-state index contributed by atoms with van der Waals surface area (Å²) >= 11 is 0. The molecule has 1 heterocycles. The average Bonchev–Trinajstić information content (AvgIpc) is 2.28. The van der Waals surface area contributed by atoms with Crippen LogP contribution < -0.4 is 10.6 Å². The Morgan fingerprint density at radius 3 is 2.62 bits per heavy atom. The maximum absolute atomic E-state index is 8.79. The molecule has 0 radical (unpaired) electrons. The van der Waals surface area contributed by atoms with Crippen LogP contribution in [0.25, 0.3) is 0 Å². The summed E-state index contributed by atoms with van der Waals surface area (Å²) in [6, 6.07) is 5.88. The highest BCUT2D eigenvalue weighted by Crippen LogP contribution is 2.10. The van der Waals surface area contributed by atoms with Gasteiger partial charge in [-0.2, -0.15) is 0 Å². The smallest absolute Gasteiger partial charge is 0.128 e. The maximum Gasteiger partial charge on any atom is 0.128 e. The van der Waals surface area contributed by atoms with Crippen molar-refractivity contribution in [2.75, 3.05) is 30.3 Å². The number of anilines is 2. The van der Waals surface area contributed by atoms with Crippen molar-refractivity contribution in [3.63, 3.8) is 0 Å². The van der Waals surface area contributed by atoms with Crippen LogP contribution in [0.2, 0.25) is 0 Å². The van der Waals surface area contributed by atoms with Gasteiger partial charge in [0.2, 0.25) is 0 Å². The largest absolute Gasteiger partial charge is 0.396 e. The Balaban J connectivity index is 2.44. The van der Waals surface area contributed by atoms with Gasteiger partial charge in [0, 0.05) is 19.7 Å². The molecule has 1 aromatic heterocycles. The second-order valence-corrected chi connectivity index (χ2v) is 3.94. The van der Waals surface area contributed by atoms with Crippen molar-refractivity contribution in [1.82, 2.24) is 4.98 Å². The van der Waals surface area contributed by atoms with Crippen molar-refractivity contribution < 1.29 is 5.11 Å². The minimum atomic E-state index is 0.244. The van der Waals surface area contributed by atoms with Gasteiger partial charge in [0.25, 0.3) is 0 Å². The molecule has 0 bridgehead atoms. The number of aliphatic hydroxyl groups is 1. The first-order valence-electron chi connectivity index (χ1n) is 5.82. The quantitative estimate of drug-likeness (QED) is 0.661. The van der Waals surface area contributed by atoms with Crippen molar-refractivity contribution in [2.45, 2.75) is 20.3 Å². The number of hydrogen-bond donors (Lipinski definition) is 3. The fraction of sp³-hybridized carbons (Fsp3) is 0.583. The van der Waals surface area contributed by atoms with E-state index in [-0.39, 0.29) is 6.61 Å². The van der Waals surface area contributed by atoms with Gasteiger partial charge < -0.3 is 15.7 Å². The van der Waals surface area contributed by atoms with Gasteiger partial charge in [-0.1, -0.05) is 13.0 Å². The van der Waals surface area contributed by atoms with Crippen LogP contribution in [0.3, 0.4) is 0 Å². The summed E-state index contributed by atoms with van der Waals surface area (Å²) in [5.41, 5.74) is 0. The van der Waals surface area contributed by atoms with Crippen LogP contribution in [0.15, 0.2) is 18.2 Å². The molecule has 0 amide bonds. The van der Waals surface area contributed by atoms with E-state index < -0.39 is 0 Å². The predicted octanol–water partition coefficient (Wildman–Crippen LogP) is 1.94. The van der Waals surface area contributed by atoms with E-state index in [1.165, 1.54) is 0 Å². The number of pyridine rings is 1. The van der Waals surface area contributed by atoms with Crippen molar-refractivity contribution in [3.8, 4) is 0 Å². The van der Waals surface area contributed by atoms with E-state index in [0.29, 0.717) is 5.92 Å². The Labute approximate surface area is 97.1 Å². The molecule has 0 aromatic carbocycles. The van der Waals surface area contributed by atoms with E-state index in [4.69, 9.17) is 5.11 Å². The zero-order valence-electron chi connectivity index (χ0n) is 10.0. The highest BCUT2D eigenvalue weighted by atomic mass is 16.3. The Hall–Kier alpha value is -1.29. The molecule has 4 heteroatoms. The van der Waals surface area contributed by atoms with Crippen molar-refractivity contribution in [3.05, 3.63) is 18.2 Å². The SMILES string of the molecule is CCNc1cccc(NCC(C)CCO)n1. The van der Waals surface area contributed by atoms with Crippen LogP contribution in [0.5, 0.6) is 0 Å². The van der Waals surface area contributed by atoms with Crippen molar-refractivity contribution >= 4 is 11.6 Å². The summed E-state index contributed by atoms with van der Waals surface area (Å²) in [6.07, 6.45) is 0.819. The molecule has 1 aromatic rings. The molecular formula is C12H21N3O. The number of hydrogen-bond acceptors (Lipinski definition) is 4. The van der Waals surface area contributed by atoms with Crippen molar-refractivity contribution in [1.29, 1.82) is 0 Å². The molecule has 0 spiro atoms. The highest BCUT2D eigenvalue weighted by molar-refractivity contribution is 5.44. The lowest BCUT2D eigenvalue weighted by Crippen LogP contribution is -2.13. The van der Waals surface area contributed by atoms with E-state index in [1.807, 2.05) is 25.1 Å². The minimum Gasteiger partial charge on any atom is -0.396 e. The molecule has 0 aliphatic rings. The molecule has 1 unspecified atom stereocenters. The molecule has 1 atom stereocenters. The monoisotopic (exact) mass is 223 g/mol. The lowest BCUT2D eigenvalue weighted by atomic mass is 10.1. The predicted molar refractivity (Wildman–Crippen MR) is 67.8 cm³/mol. The topological polar surface area (TPSA) is 57.2 Å². The third-order valence-electron chi connectivity index (χ3n) is 2.36. The number of aromatic nitrogens is 1. The number of aliphatic hydroxyl groups excluding tert-OH is 1. The van der Waals surface area contributed by atoms with E-state index in [1.54, 1.807) is 0 Å². The van der Waals surface area contributed by atoms with Gasteiger partial charge in [-0.25, -0.2) is 4.98 Å². The minimum absolute atomic E-state index is 0.244. The zero-order valence-corrected chi connectivity index (χ0v) is 10.0. The third kappa shape index (κ3) is 4.49. The first kappa shape index (κ1) is 12.8. The summed E-state index contributed by atoms with van der Waals surface area (Å²) in [4.78, 5) is 4.41. The van der Waals surface area contributed by atoms with Gasteiger partial charge in [0.05, 0.1) is 0 Å². The van der Waals surface area contributed by atoms with Crippen LogP contribution in [-0.4, -0.2) is 29.8 Å². The van der Waals surface area contributed by atoms with Crippen LogP contribution >= 0.6 is 0 Å². The lowest BCUT2D eigenvalue weighted by Gasteiger charge is -2.12. The molecule has 0 saturated heterocycles. The molecular weight excluding hydrogens is 202 g/mol. The molecule has 4 nitrogen and oxygen atoms in total. The first-order valence-corrected chi connectivity index (χ1v) is 5.82. The summed E-state index contributed by atoms with van der Waals surface area (Å²) in [7, 11) is 0. The van der Waals surface area contributed by atoms with Gasteiger partial charge in [-0.3, -0.25) is 0 Å². The fourth-order valence-electron chi connectivity index (χ4n) is 1.41. The maximum atomic E-state index is 8.79.